The van der Waals surface area contributed by atoms with Crippen molar-refractivity contribution in [1.82, 2.24) is 9.80 Å². The van der Waals surface area contributed by atoms with Crippen molar-refractivity contribution >= 4 is 11.8 Å². The van der Waals surface area contributed by atoms with Crippen molar-refractivity contribution in [2.75, 3.05) is 25.0 Å². The number of nitrogens with one attached hydrogen (secondary N) is 1. The molecule has 3 unspecified atom stereocenters. The Hall–Kier alpha value is -1.82. The summed E-state index contributed by atoms with van der Waals surface area (Å²) in [6.07, 6.45) is 6.25. The van der Waals surface area contributed by atoms with Gasteiger partial charge in [-0.25, -0.2) is 9.18 Å². The van der Waals surface area contributed by atoms with Crippen molar-refractivity contribution < 1.29 is 13.9 Å². The van der Waals surface area contributed by atoms with Gasteiger partial charge in [-0.2, -0.15) is 0 Å². The summed E-state index contributed by atoms with van der Waals surface area (Å²) >= 11 is 0. The number of nitrogens with zero attached hydrogens (tertiary/aromatic N) is 2. The SMILES string of the molecule is CCOC(=O)N1C(C)CCC1CC(CC)N1CCC(Nc2ccc(F)cc2)CC1. The van der Waals surface area contributed by atoms with Crippen molar-refractivity contribution in [1.29, 1.82) is 0 Å². The van der Waals surface area contributed by atoms with Crippen LogP contribution in [0.1, 0.15) is 59.3 Å². The van der Waals surface area contributed by atoms with Crippen LogP contribution in [0.3, 0.4) is 0 Å². The van der Waals surface area contributed by atoms with Gasteiger partial charge in [0.1, 0.15) is 5.82 Å². The van der Waals surface area contributed by atoms with Crippen LogP contribution in [0.5, 0.6) is 0 Å². The van der Waals surface area contributed by atoms with E-state index >= 15 is 0 Å². The molecule has 2 aliphatic rings. The average molecular weight is 406 g/mol. The molecule has 0 spiro atoms. The highest BCUT2D eigenvalue weighted by Gasteiger charge is 2.37. The molecule has 6 heteroatoms. The van der Waals surface area contributed by atoms with E-state index in [2.05, 4.69) is 24.1 Å². The molecule has 5 nitrogen and oxygen atoms in total. The van der Waals surface area contributed by atoms with E-state index in [1.165, 1.54) is 12.1 Å². The highest BCUT2D eigenvalue weighted by molar-refractivity contribution is 5.68. The molecular formula is C23H36FN3O2. The zero-order chi connectivity index (χ0) is 20.8. The molecule has 3 atom stereocenters. The molecule has 2 saturated heterocycles. The molecule has 1 amide bonds. The molecule has 0 bridgehead atoms. The van der Waals surface area contributed by atoms with Gasteiger partial charge < -0.3 is 19.9 Å². The lowest BCUT2D eigenvalue weighted by Crippen LogP contribution is -2.48. The van der Waals surface area contributed by atoms with E-state index < -0.39 is 0 Å². The number of likely N-dealkylation sites (tertiary alicyclic amines) is 2. The lowest BCUT2D eigenvalue weighted by atomic mass is 9.97. The van der Waals surface area contributed by atoms with Crippen LogP contribution >= 0.6 is 0 Å². The topological polar surface area (TPSA) is 44.8 Å². The first-order chi connectivity index (χ1) is 14.0. The van der Waals surface area contributed by atoms with Crippen LogP contribution in [0.2, 0.25) is 0 Å². The second kappa shape index (κ2) is 10.3. The number of benzene rings is 1. The Bertz CT molecular complexity index is 646. The predicted octanol–water partition coefficient (Wildman–Crippen LogP) is 4.88. The maximum atomic E-state index is 13.1. The van der Waals surface area contributed by atoms with Gasteiger partial charge in [0.2, 0.25) is 0 Å². The number of halogens is 1. The van der Waals surface area contributed by atoms with Crippen LogP contribution < -0.4 is 5.32 Å². The second-order valence-electron chi connectivity index (χ2n) is 8.45. The van der Waals surface area contributed by atoms with Gasteiger partial charge in [-0.15, -0.1) is 0 Å². The van der Waals surface area contributed by atoms with Gasteiger partial charge in [0.05, 0.1) is 6.61 Å². The van der Waals surface area contributed by atoms with Gasteiger partial charge in [0.15, 0.2) is 0 Å². The first-order valence-corrected chi connectivity index (χ1v) is 11.2. The van der Waals surface area contributed by atoms with Crippen molar-refractivity contribution in [3.8, 4) is 0 Å². The highest BCUT2D eigenvalue weighted by Crippen LogP contribution is 2.30. The van der Waals surface area contributed by atoms with Gasteiger partial charge in [-0.3, -0.25) is 0 Å². The number of anilines is 1. The van der Waals surface area contributed by atoms with Crippen LogP contribution in [0.4, 0.5) is 14.9 Å². The Kier molecular flexibility index (Phi) is 7.76. The Balaban J connectivity index is 1.52. The lowest BCUT2D eigenvalue weighted by molar-refractivity contribution is 0.0746. The fraction of sp³-hybridized carbons (Fsp3) is 0.696. The van der Waals surface area contributed by atoms with Crippen molar-refractivity contribution in [3.63, 3.8) is 0 Å². The quantitative estimate of drug-likeness (QED) is 0.702. The normalized spacial score (nSPS) is 24.5. The second-order valence-corrected chi connectivity index (χ2v) is 8.45. The molecule has 0 aliphatic carbocycles. The van der Waals surface area contributed by atoms with Crippen LogP contribution in [0, 0.1) is 5.82 Å². The minimum Gasteiger partial charge on any atom is -0.450 e. The van der Waals surface area contributed by atoms with E-state index in [1.807, 2.05) is 24.0 Å². The van der Waals surface area contributed by atoms with Crippen molar-refractivity contribution in [2.45, 2.75) is 83.5 Å². The number of carbonyl (C=O) groups is 1. The Morgan fingerprint density at radius 3 is 2.48 bits per heavy atom. The van der Waals surface area contributed by atoms with E-state index in [-0.39, 0.29) is 24.0 Å². The predicted molar refractivity (Wildman–Crippen MR) is 115 cm³/mol. The van der Waals surface area contributed by atoms with E-state index in [0.29, 0.717) is 18.7 Å². The van der Waals surface area contributed by atoms with Crippen LogP contribution in [-0.4, -0.2) is 59.8 Å². The number of hydrogen-bond acceptors (Lipinski definition) is 4. The number of carbonyl (C=O) groups excluding carboxylic acids is 1. The van der Waals surface area contributed by atoms with E-state index in [0.717, 1.165) is 57.3 Å². The van der Waals surface area contributed by atoms with Gasteiger partial charge in [-0.1, -0.05) is 6.92 Å². The van der Waals surface area contributed by atoms with Gasteiger partial charge in [-0.05, 0) is 76.6 Å². The minimum atomic E-state index is -0.200. The summed E-state index contributed by atoms with van der Waals surface area (Å²) in [6.45, 7) is 8.79. The number of hydrogen-bond donors (Lipinski definition) is 1. The molecule has 2 heterocycles. The molecule has 1 N–H and O–H groups in total. The van der Waals surface area contributed by atoms with Gasteiger partial charge in [0.25, 0.3) is 0 Å². The Morgan fingerprint density at radius 1 is 1.17 bits per heavy atom. The van der Waals surface area contributed by atoms with Crippen LogP contribution in [0.25, 0.3) is 0 Å². The molecular weight excluding hydrogens is 369 g/mol. The number of amides is 1. The number of ether oxygens (including phenoxy) is 1. The zero-order valence-corrected chi connectivity index (χ0v) is 18.1. The van der Waals surface area contributed by atoms with Gasteiger partial charge in [0, 0.05) is 42.9 Å². The summed E-state index contributed by atoms with van der Waals surface area (Å²) in [5.74, 6) is -0.200. The van der Waals surface area contributed by atoms with Gasteiger partial charge >= 0.3 is 6.09 Å². The molecule has 0 aromatic heterocycles. The third-order valence-corrected chi connectivity index (χ3v) is 6.54. The third kappa shape index (κ3) is 5.62. The molecule has 0 saturated carbocycles. The number of rotatable bonds is 7. The summed E-state index contributed by atoms with van der Waals surface area (Å²) in [5, 5.41) is 3.54. The fourth-order valence-electron chi connectivity index (χ4n) is 4.91. The third-order valence-electron chi connectivity index (χ3n) is 6.54. The number of piperidine rings is 1. The molecule has 29 heavy (non-hydrogen) atoms. The molecule has 162 valence electrons. The fourth-order valence-corrected chi connectivity index (χ4v) is 4.91. The summed E-state index contributed by atoms with van der Waals surface area (Å²) < 4.78 is 18.4. The average Bonchev–Trinajstić information content (AvgIpc) is 3.09. The molecule has 0 radical (unpaired) electrons. The van der Waals surface area contributed by atoms with Crippen LogP contribution in [-0.2, 0) is 4.74 Å². The monoisotopic (exact) mass is 405 g/mol. The molecule has 2 fully saturated rings. The molecule has 2 aliphatic heterocycles. The van der Waals surface area contributed by atoms with Crippen molar-refractivity contribution in [3.05, 3.63) is 30.1 Å². The van der Waals surface area contributed by atoms with E-state index in [9.17, 15) is 9.18 Å². The lowest BCUT2D eigenvalue weighted by Gasteiger charge is -2.40. The first-order valence-electron chi connectivity index (χ1n) is 11.2. The smallest absolute Gasteiger partial charge is 0.410 e. The summed E-state index contributed by atoms with van der Waals surface area (Å²) in [6, 6.07) is 8.09. The molecule has 3 rings (SSSR count). The van der Waals surface area contributed by atoms with Crippen molar-refractivity contribution in [2.24, 2.45) is 0 Å². The first kappa shape index (κ1) is 21.9. The minimum absolute atomic E-state index is 0.153. The molecule has 1 aromatic rings. The largest absolute Gasteiger partial charge is 0.450 e. The maximum Gasteiger partial charge on any atom is 0.410 e. The highest BCUT2D eigenvalue weighted by atomic mass is 19.1. The zero-order valence-electron chi connectivity index (χ0n) is 18.1. The van der Waals surface area contributed by atoms with E-state index in [1.54, 1.807) is 0 Å². The maximum absolute atomic E-state index is 13.1. The Morgan fingerprint density at radius 2 is 1.86 bits per heavy atom. The Labute approximate surface area is 174 Å². The summed E-state index contributed by atoms with van der Waals surface area (Å²) in [7, 11) is 0. The summed E-state index contributed by atoms with van der Waals surface area (Å²) in [5.41, 5.74) is 0.988. The molecule has 1 aromatic carbocycles. The standard InChI is InChI=1S/C23H36FN3O2/c1-4-21(16-22-11-6-17(3)27(22)23(28)29-5-2)26-14-12-20(13-15-26)25-19-9-7-18(24)8-10-19/h7-10,17,20-22,25H,4-6,11-16H2,1-3H3. The summed E-state index contributed by atoms with van der Waals surface area (Å²) in [4.78, 5) is 17.0. The van der Waals surface area contributed by atoms with E-state index in [4.69, 9.17) is 4.74 Å². The van der Waals surface area contributed by atoms with Crippen LogP contribution in [0.15, 0.2) is 24.3 Å².